The molecule has 4 nitrogen and oxygen atoms in total. The Morgan fingerprint density at radius 2 is 2.09 bits per heavy atom. The van der Waals surface area contributed by atoms with Crippen LogP contribution >= 0.6 is 0 Å². The summed E-state index contributed by atoms with van der Waals surface area (Å²) < 4.78 is 38.4. The van der Waals surface area contributed by atoms with Crippen molar-refractivity contribution in [2.24, 2.45) is 11.8 Å². The molecule has 0 aromatic heterocycles. The minimum atomic E-state index is -4.47. The molecule has 2 amide bonds. The number of nitrogens with zero attached hydrogens (tertiary/aromatic N) is 1. The van der Waals surface area contributed by atoms with Crippen LogP contribution in [0.2, 0.25) is 0 Å². The minimum absolute atomic E-state index is 0.171. The number of alkyl halides is 3. The van der Waals surface area contributed by atoms with Gasteiger partial charge in [-0.05, 0) is 24.1 Å². The van der Waals surface area contributed by atoms with Crippen molar-refractivity contribution < 1.29 is 22.8 Å². The third-order valence-corrected chi connectivity index (χ3v) is 3.96. The van der Waals surface area contributed by atoms with Gasteiger partial charge in [-0.1, -0.05) is 19.4 Å². The van der Waals surface area contributed by atoms with Crippen molar-refractivity contribution in [3.8, 4) is 0 Å². The van der Waals surface area contributed by atoms with Crippen LogP contribution in [0.3, 0.4) is 0 Å². The Kier molecular flexibility index (Phi) is 4.44. The number of rotatable bonds is 3. The Balaban J connectivity index is 2.34. The van der Waals surface area contributed by atoms with E-state index in [0.717, 1.165) is 12.1 Å². The van der Waals surface area contributed by atoms with Gasteiger partial charge in [0.15, 0.2) is 0 Å². The van der Waals surface area contributed by atoms with E-state index < -0.39 is 29.5 Å². The number of nitrogens with one attached hydrogen (secondary N) is 1. The number of carbonyl (C=O) groups is 2. The highest BCUT2D eigenvalue weighted by atomic mass is 19.4. The van der Waals surface area contributed by atoms with Crippen LogP contribution < -0.4 is 10.2 Å². The fraction of sp³-hybridized carbons (Fsp3) is 0.467. The van der Waals surface area contributed by atoms with Gasteiger partial charge in [0, 0.05) is 19.3 Å². The summed E-state index contributed by atoms with van der Waals surface area (Å²) >= 11 is 0. The number of anilines is 1. The number of hydrogen-bond donors (Lipinski definition) is 1. The average molecular weight is 314 g/mol. The second kappa shape index (κ2) is 5.98. The molecule has 0 spiro atoms. The van der Waals surface area contributed by atoms with Crippen LogP contribution in [-0.4, -0.2) is 25.4 Å². The Hall–Kier alpha value is -2.05. The van der Waals surface area contributed by atoms with Gasteiger partial charge in [0.2, 0.25) is 11.8 Å². The molecule has 1 aromatic rings. The summed E-state index contributed by atoms with van der Waals surface area (Å²) in [5.74, 6) is -1.90. The largest absolute Gasteiger partial charge is 0.416 e. The van der Waals surface area contributed by atoms with E-state index in [1.165, 1.54) is 24.1 Å². The molecule has 2 atom stereocenters. The molecule has 0 radical (unpaired) electrons. The summed E-state index contributed by atoms with van der Waals surface area (Å²) in [6.07, 6.45) is -3.87. The molecular weight excluding hydrogens is 297 g/mol. The standard InChI is InChI=1S/C15H17F3N2O2/c1-3-9-8-20(14(22)12(9)13(21)19-2)11-6-4-5-10(7-11)15(16,17)18/h4-7,9,12H,3,8H2,1-2H3,(H,19,21). The lowest BCUT2D eigenvalue weighted by atomic mass is 9.92. The SMILES string of the molecule is CCC1CN(c2cccc(C(F)(F)F)c2)C(=O)C1C(=O)NC. The topological polar surface area (TPSA) is 49.4 Å². The highest BCUT2D eigenvalue weighted by Gasteiger charge is 2.44. The van der Waals surface area contributed by atoms with Crippen LogP contribution in [-0.2, 0) is 15.8 Å². The van der Waals surface area contributed by atoms with Gasteiger partial charge in [-0.15, -0.1) is 0 Å². The average Bonchev–Trinajstić information content (AvgIpc) is 2.82. The molecule has 2 rings (SSSR count). The van der Waals surface area contributed by atoms with Crippen LogP contribution in [0.4, 0.5) is 18.9 Å². The Morgan fingerprint density at radius 1 is 1.41 bits per heavy atom. The van der Waals surface area contributed by atoms with Gasteiger partial charge < -0.3 is 10.2 Å². The van der Waals surface area contributed by atoms with Gasteiger partial charge in [-0.2, -0.15) is 13.2 Å². The fourth-order valence-corrected chi connectivity index (χ4v) is 2.73. The Bertz CT molecular complexity index is 586. The molecule has 1 saturated heterocycles. The lowest BCUT2D eigenvalue weighted by Crippen LogP contribution is -2.36. The second-order valence-corrected chi connectivity index (χ2v) is 5.26. The van der Waals surface area contributed by atoms with E-state index in [2.05, 4.69) is 5.32 Å². The molecule has 0 bridgehead atoms. The molecule has 22 heavy (non-hydrogen) atoms. The zero-order valence-corrected chi connectivity index (χ0v) is 12.3. The van der Waals surface area contributed by atoms with E-state index >= 15 is 0 Å². The summed E-state index contributed by atoms with van der Waals surface area (Å²) in [5.41, 5.74) is -0.640. The number of halogens is 3. The van der Waals surface area contributed by atoms with Crippen molar-refractivity contribution in [1.29, 1.82) is 0 Å². The van der Waals surface area contributed by atoms with Gasteiger partial charge >= 0.3 is 6.18 Å². The maximum atomic E-state index is 12.8. The highest BCUT2D eigenvalue weighted by molar-refractivity contribution is 6.10. The van der Waals surface area contributed by atoms with E-state index in [9.17, 15) is 22.8 Å². The number of benzene rings is 1. The molecule has 7 heteroatoms. The van der Waals surface area contributed by atoms with E-state index in [0.29, 0.717) is 6.42 Å². The van der Waals surface area contributed by atoms with E-state index in [4.69, 9.17) is 0 Å². The van der Waals surface area contributed by atoms with Crippen molar-refractivity contribution in [3.63, 3.8) is 0 Å². The molecule has 120 valence electrons. The lowest BCUT2D eigenvalue weighted by Gasteiger charge is -2.18. The Labute approximate surface area is 126 Å². The molecule has 1 N–H and O–H groups in total. The predicted molar refractivity (Wildman–Crippen MR) is 75.1 cm³/mol. The van der Waals surface area contributed by atoms with Gasteiger partial charge in [0.25, 0.3) is 0 Å². The summed E-state index contributed by atoms with van der Waals surface area (Å²) in [6, 6.07) is 4.61. The van der Waals surface area contributed by atoms with Crippen molar-refractivity contribution in [3.05, 3.63) is 29.8 Å². The normalized spacial score (nSPS) is 22.0. The third kappa shape index (κ3) is 2.93. The van der Waals surface area contributed by atoms with Crippen molar-refractivity contribution >= 4 is 17.5 Å². The summed E-state index contributed by atoms with van der Waals surface area (Å²) in [4.78, 5) is 25.5. The second-order valence-electron chi connectivity index (χ2n) is 5.26. The van der Waals surface area contributed by atoms with Crippen LogP contribution in [0.5, 0.6) is 0 Å². The van der Waals surface area contributed by atoms with Crippen molar-refractivity contribution in [2.45, 2.75) is 19.5 Å². The highest BCUT2D eigenvalue weighted by Crippen LogP contribution is 2.35. The molecule has 1 fully saturated rings. The first-order valence-corrected chi connectivity index (χ1v) is 6.99. The first-order chi connectivity index (χ1) is 10.3. The van der Waals surface area contributed by atoms with Crippen LogP contribution in [0.15, 0.2) is 24.3 Å². The molecule has 1 aliphatic rings. The fourth-order valence-electron chi connectivity index (χ4n) is 2.73. The minimum Gasteiger partial charge on any atom is -0.358 e. The van der Waals surface area contributed by atoms with Gasteiger partial charge in [0.05, 0.1) is 5.56 Å². The number of carbonyl (C=O) groups excluding carboxylic acids is 2. The van der Waals surface area contributed by atoms with Crippen LogP contribution in [0, 0.1) is 11.8 Å². The smallest absolute Gasteiger partial charge is 0.358 e. The van der Waals surface area contributed by atoms with E-state index in [1.54, 1.807) is 0 Å². The summed E-state index contributed by atoms with van der Waals surface area (Å²) in [6.45, 7) is 2.10. The molecule has 1 aliphatic heterocycles. The number of amides is 2. The van der Waals surface area contributed by atoms with Crippen LogP contribution in [0.1, 0.15) is 18.9 Å². The lowest BCUT2D eigenvalue weighted by molar-refractivity contribution is -0.138. The Morgan fingerprint density at radius 3 is 2.64 bits per heavy atom. The maximum absolute atomic E-state index is 12.8. The van der Waals surface area contributed by atoms with Gasteiger partial charge in [-0.25, -0.2) is 0 Å². The van der Waals surface area contributed by atoms with E-state index in [1.807, 2.05) is 6.92 Å². The molecule has 0 saturated carbocycles. The molecule has 0 aliphatic carbocycles. The van der Waals surface area contributed by atoms with Gasteiger partial charge in [-0.3, -0.25) is 9.59 Å². The molecule has 1 aromatic carbocycles. The first kappa shape index (κ1) is 16.3. The summed E-state index contributed by atoms with van der Waals surface area (Å²) in [5, 5.41) is 2.44. The molecule has 2 unspecified atom stereocenters. The summed E-state index contributed by atoms with van der Waals surface area (Å²) in [7, 11) is 1.44. The third-order valence-electron chi connectivity index (χ3n) is 3.96. The van der Waals surface area contributed by atoms with Crippen molar-refractivity contribution in [1.82, 2.24) is 5.32 Å². The van der Waals surface area contributed by atoms with Crippen molar-refractivity contribution in [2.75, 3.05) is 18.5 Å². The number of hydrogen-bond acceptors (Lipinski definition) is 2. The predicted octanol–water partition coefficient (Wildman–Crippen LogP) is 2.44. The maximum Gasteiger partial charge on any atom is 0.416 e. The molecule has 1 heterocycles. The van der Waals surface area contributed by atoms with Gasteiger partial charge in [0.1, 0.15) is 5.92 Å². The quantitative estimate of drug-likeness (QED) is 0.871. The monoisotopic (exact) mass is 314 g/mol. The zero-order valence-electron chi connectivity index (χ0n) is 12.3. The first-order valence-electron chi connectivity index (χ1n) is 6.99. The zero-order chi connectivity index (χ0) is 16.5. The van der Waals surface area contributed by atoms with E-state index in [-0.39, 0.29) is 18.2 Å². The van der Waals surface area contributed by atoms with Crippen LogP contribution in [0.25, 0.3) is 0 Å². The molecular formula is C15H17F3N2O2.